The van der Waals surface area contributed by atoms with Crippen molar-refractivity contribution in [3.63, 3.8) is 0 Å². The fourth-order valence-electron chi connectivity index (χ4n) is 3.07. The first kappa shape index (κ1) is 23.1. The van der Waals surface area contributed by atoms with Gasteiger partial charge in [0.1, 0.15) is 6.61 Å². The zero-order valence-electron chi connectivity index (χ0n) is 16.0. The summed E-state index contributed by atoms with van der Waals surface area (Å²) < 4.78 is 41.6. The van der Waals surface area contributed by atoms with Crippen molar-refractivity contribution < 1.29 is 22.7 Å². The first-order valence-corrected chi connectivity index (χ1v) is 10.2. The number of piperazine rings is 1. The van der Waals surface area contributed by atoms with Gasteiger partial charge in [-0.15, -0.1) is 0 Å². The second-order valence-electron chi connectivity index (χ2n) is 6.98. The number of carbonyl (C=O) groups excluding carboxylic acids is 1. The van der Waals surface area contributed by atoms with Gasteiger partial charge in [-0.25, -0.2) is 0 Å². The Balaban J connectivity index is 1.60. The van der Waals surface area contributed by atoms with Crippen molar-refractivity contribution >= 4 is 21.8 Å². The van der Waals surface area contributed by atoms with Crippen LogP contribution in [-0.4, -0.2) is 74.4 Å². The fraction of sp³-hybridized carbons (Fsp3) is 0.632. The maximum absolute atomic E-state index is 12.3. The highest BCUT2D eigenvalue weighted by Gasteiger charge is 2.27. The maximum Gasteiger partial charge on any atom is 0.411 e. The van der Waals surface area contributed by atoms with Crippen molar-refractivity contribution in [2.75, 3.05) is 52.5 Å². The Hall–Kier alpha value is -1.16. The van der Waals surface area contributed by atoms with E-state index < -0.39 is 12.8 Å². The molecule has 0 saturated carbocycles. The fourth-order valence-corrected chi connectivity index (χ4v) is 3.34. The lowest BCUT2D eigenvalue weighted by molar-refractivity contribution is -0.174. The molecule has 1 aliphatic rings. The number of nitrogens with one attached hydrogen (secondary N) is 1. The van der Waals surface area contributed by atoms with Gasteiger partial charge in [-0.3, -0.25) is 9.69 Å². The molecule has 9 heteroatoms. The van der Waals surface area contributed by atoms with E-state index in [1.807, 2.05) is 31.2 Å². The van der Waals surface area contributed by atoms with Crippen LogP contribution >= 0.6 is 15.9 Å². The van der Waals surface area contributed by atoms with E-state index in [-0.39, 0.29) is 18.6 Å². The molecule has 1 aromatic carbocycles. The molecule has 1 N–H and O–H groups in total. The molecule has 1 unspecified atom stereocenters. The van der Waals surface area contributed by atoms with Crippen LogP contribution in [0, 0.1) is 0 Å². The molecule has 1 fully saturated rings. The number of hydrogen-bond donors (Lipinski definition) is 1. The summed E-state index contributed by atoms with van der Waals surface area (Å²) in [5.41, 5.74) is 1.05. The predicted octanol–water partition coefficient (Wildman–Crippen LogP) is 3.21. The Morgan fingerprint density at radius 1 is 1.18 bits per heavy atom. The lowest BCUT2D eigenvalue weighted by atomic mass is 10.1. The van der Waals surface area contributed by atoms with Gasteiger partial charge in [0.2, 0.25) is 5.91 Å². The van der Waals surface area contributed by atoms with Crippen LogP contribution < -0.4 is 5.32 Å². The predicted molar refractivity (Wildman–Crippen MR) is 105 cm³/mol. The van der Waals surface area contributed by atoms with Gasteiger partial charge in [-0.1, -0.05) is 28.1 Å². The third kappa shape index (κ3) is 8.89. The molecular weight excluding hydrogens is 439 g/mol. The Morgan fingerprint density at radius 3 is 2.39 bits per heavy atom. The monoisotopic (exact) mass is 465 g/mol. The third-order valence-corrected chi connectivity index (χ3v) is 5.14. The van der Waals surface area contributed by atoms with Crippen molar-refractivity contribution in [3.05, 3.63) is 34.3 Å². The Morgan fingerprint density at radius 2 is 1.79 bits per heavy atom. The van der Waals surface area contributed by atoms with E-state index in [0.29, 0.717) is 19.5 Å². The van der Waals surface area contributed by atoms with Gasteiger partial charge in [-0.2, -0.15) is 13.2 Å². The van der Waals surface area contributed by atoms with Crippen LogP contribution in [0.25, 0.3) is 0 Å². The number of rotatable bonds is 9. The normalized spacial score (nSPS) is 17.5. The lowest BCUT2D eigenvalue weighted by Crippen LogP contribution is -2.49. The average Bonchev–Trinajstić information content (AvgIpc) is 2.62. The minimum atomic E-state index is -4.26. The standard InChI is InChI=1S/C19H27BrF3N3O2/c1-15(16-3-5-17(20)6-4-16)24-18(27)13-26-10-8-25(9-11-26)7-2-12-28-14-19(21,22)23/h3-6,15H,2,7-14H2,1H3,(H,24,27). The molecule has 158 valence electrons. The van der Waals surface area contributed by atoms with Gasteiger partial charge >= 0.3 is 6.18 Å². The van der Waals surface area contributed by atoms with Crippen LogP contribution in [0.5, 0.6) is 0 Å². The van der Waals surface area contributed by atoms with Crippen LogP contribution in [0.2, 0.25) is 0 Å². The summed E-state index contributed by atoms with van der Waals surface area (Å²) in [5.74, 6) is -0.00980. The Bertz CT molecular complexity index is 605. The molecule has 0 aromatic heterocycles. The first-order valence-electron chi connectivity index (χ1n) is 9.37. The lowest BCUT2D eigenvalue weighted by Gasteiger charge is -2.34. The molecule has 1 saturated heterocycles. The molecule has 1 amide bonds. The van der Waals surface area contributed by atoms with Gasteiger partial charge in [0.25, 0.3) is 0 Å². The summed E-state index contributed by atoms with van der Waals surface area (Å²) in [4.78, 5) is 16.6. The molecule has 1 aromatic rings. The van der Waals surface area contributed by atoms with E-state index in [1.54, 1.807) is 0 Å². The highest BCUT2D eigenvalue weighted by atomic mass is 79.9. The molecule has 28 heavy (non-hydrogen) atoms. The van der Waals surface area contributed by atoms with E-state index in [2.05, 4.69) is 35.8 Å². The van der Waals surface area contributed by atoms with E-state index in [1.165, 1.54) is 0 Å². The summed E-state index contributed by atoms with van der Waals surface area (Å²) >= 11 is 3.40. The highest BCUT2D eigenvalue weighted by Crippen LogP contribution is 2.17. The quantitative estimate of drug-likeness (QED) is 0.568. The third-order valence-electron chi connectivity index (χ3n) is 4.61. The Kier molecular flexibility index (Phi) is 9.20. The van der Waals surface area contributed by atoms with Crippen molar-refractivity contribution in [1.82, 2.24) is 15.1 Å². The number of alkyl halides is 3. The summed E-state index contributed by atoms with van der Waals surface area (Å²) in [5, 5.41) is 3.02. The second kappa shape index (κ2) is 11.1. The van der Waals surface area contributed by atoms with Crippen molar-refractivity contribution in [2.45, 2.75) is 25.6 Å². The van der Waals surface area contributed by atoms with Gasteiger partial charge in [0.05, 0.1) is 12.6 Å². The number of nitrogens with zero attached hydrogens (tertiary/aromatic N) is 2. The zero-order chi connectivity index (χ0) is 20.6. The number of ether oxygens (including phenoxy) is 1. The van der Waals surface area contributed by atoms with Gasteiger partial charge in [-0.05, 0) is 31.0 Å². The smallest absolute Gasteiger partial charge is 0.372 e. The van der Waals surface area contributed by atoms with Crippen LogP contribution in [0.1, 0.15) is 24.9 Å². The van der Waals surface area contributed by atoms with E-state index >= 15 is 0 Å². The van der Waals surface area contributed by atoms with Gasteiger partial charge < -0.3 is 15.0 Å². The first-order chi connectivity index (χ1) is 13.2. The van der Waals surface area contributed by atoms with Crippen LogP contribution in [0.4, 0.5) is 13.2 Å². The van der Waals surface area contributed by atoms with Crippen molar-refractivity contribution in [3.8, 4) is 0 Å². The maximum atomic E-state index is 12.3. The van der Waals surface area contributed by atoms with E-state index in [4.69, 9.17) is 0 Å². The summed E-state index contributed by atoms with van der Waals surface area (Å²) in [6.45, 7) is 5.07. The summed E-state index contributed by atoms with van der Waals surface area (Å²) in [6.07, 6.45) is -3.69. The molecule has 1 atom stereocenters. The minimum absolute atomic E-state index is 0.00980. The van der Waals surface area contributed by atoms with Crippen LogP contribution in [0.3, 0.4) is 0 Å². The van der Waals surface area contributed by atoms with Crippen LogP contribution in [0.15, 0.2) is 28.7 Å². The molecule has 0 spiro atoms. The van der Waals surface area contributed by atoms with E-state index in [9.17, 15) is 18.0 Å². The Labute approximate surface area is 172 Å². The topological polar surface area (TPSA) is 44.8 Å². The zero-order valence-corrected chi connectivity index (χ0v) is 17.6. The summed E-state index contributed by atoms with van der Waals surface area (Å²) in [6, 6.07) is 7.80. The number of hydrogen-bond acceptors (Lipinski definition) is 4. The molecule has 1 aliphatic heterocycles. The average molecular weight is 466 g/mol. The highest BCUT2D eigenvalue weighted by molar-refractivity contribution is 9.10. The minimum Gasteiger partial charge on any atom is -0.372 e. The molecule has 5 nitrogen and oxygen atoms in total. The summed E-state index contributed by atoms with van der Waals surface area (Å²) in [7, 11) is 0. The van der Waals surface area contributed by atoms with Crippen molar-refractivity contribution in [1.29, 1.82) is 0 Å². The molecule has 2 rings (SSSR count). The van der Waals surface area contributed by atoms with Gasteiger partial charge in [0.15, 0.2) is 0 Å². The van der Waals surface area contributed by atoms with Gasteiger partial charge in [0, 0.05) is 43.8 Å². The van der Waals surface area contributed by atoms with Crippen molar-refractivity contribution in [2.24, 2.45) is 0 Å². The molecule has 1 heterocycles. The number of halogens is 4. The number of amides is 1. The second-order valence-corrected chi connectivity index (χ2v) is 7.90. The number of carbonyl (C=O) groups is 1. The molecule has 0 bridgehead atoms. The largest absolute Gasteiger partial charge is 0.411 e. The number of benzene rings is 1. The van der Waals surface area contributed by atoms with Crippen LogP contribution in [-0.2, 0) is 9.53 Å². The molecular formula is C19H27BrF3N3O2. The van der Waals surface area contributed by atoms with E-state index in [0.717, 1.165) is 36.2 Å². The molecule has 0 aliphatic carbocycles. The SMILES string of the molecule is CC(NC(=O)CN1CCN(CCCOCC(F)(F)F)CC1)c1ccc(Br)cc1. The molecule has 0 radical (unpaired) electrons.